The summed E-state index contributed by atoms with van der Waals surface area (Å²) in [4.78, 5) is 12.2. The lowest BCUT2D eigenvalue weighted by Gasteiger charge is -2.08. The Morgan fingerprint density at radius 2 is 2.05 bits per heavy atom. The molecule has 2 heterocycles. The lowest BCUT2D eigenvalue weighted by molar-refractivity contribution is 0.0987. The van der Waals surface area contributed by atoms with Crippen molar-refractivity contribution in [3.8, 4) is 5.69 Å². The van der Waals surface area contributed by atoms with Gasteiger partial charge in [0, 0.05) is 16.6 Å². The second kappa shape index (κ2) is 5.76. The number of carbonyl (C=O) groups is 1. The fourth-order valence-corrected chi connectivity index (χ4v) is 2.43. The van der Waals surface area contributed by atoms with Crippen LogP contribution in [0.1, 0.15) is 21.9 Å². The van der Waals surface area contributed by atoms with Crippen LogP contribution in [0.5, 0.6) is 0 Å². The first-order valence-corrected chi connectivity index (χ1v) is 7.39. The molecule has 112 valence electrons. The quantitative estimate of drug-likeness (QED) is 0.775. The zero-order valence-electron chi connectivity index (χ0n) is 12.0. The maximum absolute atomic E-state index is 12.2. The lowest BCUT2D eigenvalue weighted by atomic mass is 10.3. The highest BCUT2D eigenvalue weighted by Gasteiger charge is 2.15. The molecule has 0 aliphatic rings. The standard InChI is InChI=1S/C15H13BrN4O2/c1-9-7-14(17-15(21)13-6-10(2)19-22-13)20(18-9)12-5-3-4-11(16)8-12/h3-8H,1-2H3,(H,17,21). The molecule has 0 saturated heterocycles. The second-order valence-corrected chi connectivity index (χ2v) is 5.76. The first kappa shape index (κ1) is 14.5. The normalized spacial score (nSPS) is 10.7. The number of amides is 1. The third-order valence-corrected chi connectivity index (χ3v) is 3.47. The molecule has 7 heteroatoms. The molecule has 3 rings (SSSR count). The van der Waals surface area contributed by atoms with Crippen LogP contribution in [0.4, 0.5) is 5.82 Å². The fraction of sp³-hybridized carbons (Fsp3) is 0.133. The van der Waals surface area contributed by atoms with E-state index in [0.29, 0.717) is 11.5 Å². The predicted octanol–water partition coefficient (Wildman–Crippen LogP) is 3.49. The van der Waals surface area contributed by atoms with Gasteiger partial charge in [0.1, 0.15) is 5.82 Å². The summed E-state index contributed by atoms with van der Waals surface area (Å²) in [5.41, 5.74) is 2.29. The average Bonchev–Trinajstić information content (AvgIpc) is 3.05. The Labute approximate surface area is 135 Å². The van der Waals surface area contributed by atoms with Crippen molar-refractivity contribution in [1.82, 2.24) is 14.9 Å². The molecular formula is C15H13BrN4O2. The first-order chi connectivity index (χ1) is 10.5. The molecule has 0 spiro atoms. The SMILES string of the molecule is Cc1cc(C(=O)Nc2cc(C)nn2-c2cccc(Br)c2)on1. The molecule has 0 unspecified atom stereocenters. The van der Waals surface area contributed by atoms with E-state index in [-0.39, 0.29) is 11.7 Å². The van der Waals surface area contributed by atoms with E-state index in [1.807, 2.05) is 31.2 Å². The molecule has 0 radical (unpaired) electrons. The third-order valence-electron chi connectivity index (χ3n) is 2.98. The number of benzene rings is 1. The lowest BCUT2D eigenvalue weighted by Crippen LogP contribution is -2.14. The van der Waals surface area contributed by atoms with Crippen LogP contribution in [0, 0.1) is 13.8 Å². The van der Waals surface area contributed by atoms with E-state index < -0.39 is 0 Å². The number of rotatable bonds is 3. The maximum Gasteiger partial charge on any atom is 0.295 e. The van der Waals surface area contributed by atoms with Gasteiger partial charge in [-0.1, -0.05) is 27.2 Å². The summed E-state index contributed by atoms with van der Waals surface area (Å²) >= 11 is 3.43. The molecule has 1 amide bonds. The van der Waals surface area contributed by atoms with Gasteiger partial charge in [-0.05, 0) is 32.0 Å². The van der Waals surface area contributed by atoms with E-state index in [9.17, 15) is 4.79 Å². The van der Waals surface area contributed by atoms with Crippen LogP contribution in [-0.4, -0.2) is 20.8 Å². The summed E-state index contributed by atoms with van der Waals surface area (Å²) in [5.74, 6) is 0.364. The molecule has 0 atom stereocenters. The van der Waals surface area contributed by atoms with Crippen molar-refractivity contribution in [2.24, 2.45) is 0 Å². The number of anilines is 1. The number of aromatic nitrogens is 3. The number of carbonyl (C=O) groups excluding carboxylic acids is 1. The summed E-state index contributed by atoms with van der Waals surface area (Å²) in [7, 11) is 0. The Bertz CT molecular complexity index is 838. The van der Waals surface area contributed by atoms with Gasteiger partial charge >= 0.3 is 0 Å². The van der Waals surface area contributed by atoms with Gasteiger partial charge in [0.15, 0.2) is 0 Å². The van der Waals surface area contributed by atoms with Crippen LogP contribution in [0.3, 0.4) is 0 Å². The van der Waals surface area contributed by atoms with Crippen molar-refractivity contribution in [3.05, 3.63) is 58.0 Å². The smallest absolute Gasteiger partial charge is 0.295 e. The minimum absolute atomic E-state index is 0.164. The highest BCUT2D eigenvalue weighted by molar-refractivity contribution is 9.10. The highest BCUT2D eigenvalue weighted by atomic mass is 79.9. The van der Waals surface area contributed by atoms with E-state index in [1.54, 1.807) is 23.7 Å². The van der Waals surface area contributed by atoms with Crippen LogP contribution < -0.4 is 5.32 Å². The number of hydrogen-bond donors (Lipinski definition) is 1. The van der Waals surface area contributed by atoms with Crippen LogP contribution in [0.15, 0.2) is 45.4 Å². The van der Waals surface area contributed by atoms with Crippen molar-refractivity contribution < 1.29 is 9.32 Å². The Morgan fingerprint density at radius 3 is 2.73 bits per heavy atom. The van der Waals surface area contributed by atoms with Gasteiger partial charge in [-0.15, -0.1) is 0 Å². The molecule has 0 aliphatic carbocycles. The Balaban J connectivity index is 1.93. The van der Waals surface area contributed by atoms with Crippen molar-refractivity contribution >= 4 is 27.7 Å². The summed E-state index contributed by atoms with van der Waals surface area (Å²) < 4.78 is 7.57. The van der Waals surface area contributed by atoms with E-state index >= 15 is 0 Å². The zero-order chi connectivity index (χ0) is 15.7. The average molecular weight is 361 g/mol. The van der Waals surface area contributed by atoms with Crippen molar-refractivity contribution in [2.75, 3.05) is 5.32 Å². The molecule has 1 N–H and O–H groups in total. The van der Waals surface area contributed by atoms with Crippen molar-refractivity contribution in [1.29, 1.82) is 0 Å². The Morgan fingerprint density at radius 1 is 1.23 bits per heavy atom. The topological polar surface area (TPSA) is 73.0 Å². The summed E-state index contributed by atoms with van der Waals surface area (Å²) in [6, 6.07) is 11.0. The fourth-order valence-electron chi connectivity index (χ4n) is 2.04. The minimum Gasteiger partial charge on any atom is -0.351 e. The summed E-state index contributed by atoms with van der Waals surface area (Å²) in [6.45, 7) is 3.62. The van der Waals surface area contributed by atoms with Gasteiger partial charge in [-0.25, -0.2) is 4.68 Å². The van der Waals surface area contributed by atoms with E-state index in [0.717, 1.165) is 15.9 Å². The summed E-state index contributed by atoms with van der Waals surface area (Å²) in [6.07, 6.45) is 0. The van der Waals surface area contributed by atoms with E-state index in [4.69, 9.17) is 4.52 Å². The van der Waals surface area contributed by atoms with Crippen LogP contribution in [-0.2, 0) is 0 Å². The highest BCUT2D eigenvalue weighted by Crippen LogP contribution is 2.21. The monoisotopic (exact) mass is 360 g/mol. The van der Waals surface area contributed by atoms with Gasteiger partial charge in [-0.2, -0.15) is 5.10 Å². The zero-order valence-corrected chi connectivity index (χ0v) is 13.6. The molecule has 22 heavy (non-hydrogen) atoms. The van der Waals surface area contributed by atoms with E-state index in [1.165, 1.54) is 0 Å². The van der Waals surface area contributed by atoms with Gasteiger partial charge in [0.25, 0.3) is 5.91 Å². The molecule has 1 aromatic carbocycles. The molecule has 0 saturated carbocycles. The molecule has 3 aromatic rings. The number of halogens is 1. The van der Waals surface area contributed by atoms with Gasteiger partial charge < -0.3 is 9.84 Å². The molecule has 6 nitrogen and oxygen atoms in total. The first-order valence-electron chi connectivity index (χ1n) is 6.60. The van der Waals surface area contributed by atoms with Crippen LogP contribution in [0.25, 0.3) is 5.69 Å². The van der Waals surface area contributed by atoms with Crippen LogP contribution >= 0.6 is 15.9 Å². The van der Waals surface area contributed by atoms with Crippen molar-refractivity contribution in [3.63, 3.8) is 0 Å². The summed E-state index contributed by atoms with van der Waals surface area (Å²) in [5, 5.41) is 10.9. The van der Waals surface area contributed by atoms with Gasteiger partial charge in [0.2, 0.25) is 5.76 Å². The van der Waals surface area contributed by atoms with Gasteiger partial charge in [-0.3, -0.25) is 4.79 Å². The number of aryl methyl sites for hydroxylation is 2. The van der Waals surface area contributed by atoms with Crippen LogP contribution in [0.2, 0.25) is 0 Å². The molecule has 0 bridgehead atoms. The largest absolute Gasteiger partial charge is 0.351 e. The minimum atomic E-state index is -0.364. The predicted molar refractivity (Wildman–Crippen MR) is 85.2 cm³/mol. The Hall–Kier alpha value is -2.41. The molecule has 2 aromatic heterocycles. The number of hydrogen-bond acceptors (Lipinski definition) is 4. The van der Waals surface area contributed by atoms with E-state index in [2.05, 4.69) is 31.5 Å². The number of nitrogens with one attached hydrogen (secondary N) is 1. The Kier molecular flexibility index (Phi) is 3.81. The molecule has 0 fully saturated rings. The maximum atomic E-state index is 12.2. The third kappa shape index (κ3) is 2.94. The molecular weight excluding hydrogens is 348 g/mol. The molecule has 0 aliphatic heterocycles. The van der Waals surface area contributed by atoms with Crippen molar-refractivity contribution in [2.45, 2.75) is 13.8 Å². The number of nitrogens with zero attached hydrogens (tertiary/aromatic N) is 3. The second-order valence-electron chi connectivity index (χ2n) is 4.85. The van der Waals surface area contributed by atoms with Gasteiger partial charge in [0.05, 0.1) is 17.1 Å².